The van der Waals surface area contributed by atoms with E-state index in [0.717, 1.165) is 75.5 Å². The average Bonchev–Trinajstić information content (AvgIpc) is 3.77. The first-order chi connectivity index (χ1) is 19.8. The van der Waals surface area contributed by atoms with Gasteiger partial charge in [-0.25, -0.2) is 17.6 Å². The Labute approximate surface area is 239 Å². The third-order valence-electron chi connectivity index (χ3n) is 8.40. The number of ether oxygens (including phenoxy) is 2. The molecule has 2 aliphatic rings. The number of aryl methyl sites for hydroxylation is 1. The van der Waals surface area contributed by atoms with Crippen LogP contribution < -0.4 is 9.47 Å². The second-order valence-electron chi connectivity index (χ2n) is 11.6. The van der Waals surface area contributed by atoms with Crippen LogP contribution in [0.5, 0.6) is 11.5 Å². The molecule has 0 amide bonds. The van der Waals surface area contributed by atoms with Crippen molar-refractivity contribution in [1.29, 1.82) is 0 Å². The Bertz CT molecular complexity index is 1150. The number of unbranched alkanes of at least 4 members (excludes halogenated alkanes) is 8. The smallest absolute Gasteiger partial charge is 0.283 e. The van der Waals surface area contributed by atoms with E-state index in [0.29, 0.717) is 12.8 Å². The fourth-order valence-electron chi connectivity index (χ4n) is 5.79. The van der Waals surface area contributed by atoms with Crippen LogP contribution in [0.15, 0.2) is 18.2 Å². The zero-order chi connectivity index (χ0) is 29.4. The Morgan fingerprint density at radius 1 is 0.707 bits per heavy atom. The van der Waals surface area contributed by atoms with Crippen molar-refractivity contribution in [3.63, 3.8) is 0 Å². The van der Waals surface area contributed by atoms with Crippen molar-refractivity contribution in [2.75, 3.05) is 13.2 Å². The first-order valence-electron chi connectivity index (χ1n) is 15.4. The second-order valence-corrected chi connectivity index (χ2v) is 11.6. The van der Waals surface area contributed by atoms with E-state index in [1.54, 1.807) is 0 Å². The molecule has 0 heterocycles. The number of hydrogen-bond acceptors (Lipinski definition) is 2. The number of hydrogen-bond donors (Lipinski definition) is 0. The van der Waals surface area contributed by atoms with E-state index in [2.05, 4.69) is 6.92 Å². The summed E-state index contributed by atoms with van der Waals surface area (Å²) in [5.41, 5.74) is -1.77. The third-order valence-corrected chi connectivity index (χ3v) is 8.40. The maximum absolute atomic E-state index is 15.6. The van der Waals surface area contributed by atoms with Gasteiger partial charge in [-0.1, -0.05) is 83.6 Å². The standard InChI is InChI=1S/C33H42F6O2/c1-2-3-4-5-7-10-20-41-27-21-23-15-17-25(33(38,39)28(23)32(37)31(27)36)24-16-18-26(30(35)29(24)34)40-19-11-8-6-9-12-22-13-14-22/h16,18,21-22,25H,2-15,17,19-20H2,1H3. The van der Waals surface area contributed by atoms with E-state index < -0.39 is 52.0 Å². The lowest BCUT2D eigenvalue weighted by Crippen LogP contribution is -2.32. The Kier molecular flexibility index (Phi) is 11.3. The van der Waals surface area contributed by atoms with Gasteiger partial charge < -0.3 is 9.47 Å². The normalized spacial score (nSPS) is 17.9. The number of rotatable bonds is 17. The molecule has 4 rings (SSSR count). The molecule has 2 nitrogen and oxygen atoms in total. The maximum atomic E-state index is 15.6. The zero-order valence-electron chi connectivity index (χ0n) is 24.0. The minimum atomic E-state index is -3.95. The summed E-state index contributed by atoms with van der Waals surface area (Å²) in [6.45, 7) is 2.46. The van der Waals surface area contributed by atoms with Crippen molar-refractivity contribution in [3.8, 4) is 11.5 Å². The fourth-order valence-corrected chi connectivity index (χ4v) is 5.79. The molecule has 2 aromatic carbocycles. The molecule has 1 atom stereocenters. The molecule has 0 radical (unpaired) electrons. The SMILES string of the molecule is CCCCCCCCOc1cc2c(c(F)c1F)C(F)(F)C(c1ccc(OCCCCCCC3CC3)c(F)c1F)CC2. The summed E-state index contributed by atoms with van der Waals surface area (Å²) in [6.07, 6.45) is 13.2. The van der Waals surface area contributed by atoms with E-state index >= 15 is 17.6 Å². The van der Waals surface area contributed by atoms with Crippen molar-refractivity contribution in [2.45, 2.75) is 115 Å². The molecule has 8 heteroatoms. The summed E-state index contributed by atoms with van der Waals surface area (Å²) in [5.74, 6) is -11.6. The van der Waals surface area contributed by atoms with Crippen LogP contribution in [0.25, 0.3) is 0 Å². The number of alkyl halides is 2. The van der Waals surface area contributed by atoms with Gasteiger partial charge in [0.2, 0.25) is 11.6 Å². The van der Waals surface area contributed by atoms with Crippen molar-refractivity contribution < 1.29 is 35.8 Å². The van der Waals surface area contributed by atoms with Gasteiger partial charge >= 0.3 is 0 Å². The van der Waals surface area contributed by atoms with E-state index in [4.69, 9.17) is 9.47 Å². The topological polar surface area (TPSA) is 18.5 Å². The Morgan fingerprint density at radius 2 is 1.32 bits per heavy atom. The van der Waals surface area contributed by atoms with E-state index in [1.807, 2.05) is 0 Å². The Balaban J connectivity index is 1.38. The number of halogens is 6. The highest BCUT2D eigenvalue weighted by molar-refractivity contribution is 5.46. The average molecular weight is 585 g/mol. The van der Waals surface area contributed by atoms with Crippen LogP contribution in [0.2, 0.25) is 0 Å². The van der Waals surface area contributed by atoms with Gasteiger partial charge in [-0.05, 0) is 49.3 Å². The van der Waals surface area contributed by atoms with Gasteiger partial charge in [0.05, 0.1) is 24.7 Å². The van der Waals surface area contributed by atoms with Crippen LogP contribution in [0, 0.1) is 29.2 Å². The zero-order valence-corrected chi connectivity index (χ0v) is 24.0. The highest BCUT2D eigenvalue weighted by Crippen LogP contribution is 2.52. The highest BCUT2D eigenvalue weighted by atomic mass is 19.3. The minimum absolute atomic E-state index is 0.0553. The first kappa shape index (κ1) is 31.6. The van der Waals surface area contributed by atoms with Crippen LogP contribution in [-0.2, 0) is 12.3 Å². The van der Waals surface area contributed by atoms with Crippen molar-refractivity contribution in [1.82, 2.24) is 0 Å². The summed E-state index contributed by atoms with van der Waals surface area (Å²) >= 11 is 0. The summed E-state index contributed by atoms with van der Waals surface area (Å²) < 4.78 is 102. The molecule has 2 aromatic rings. The van der Waals surface area contributed by atoms with E-state index in [9.17, 15) is 8.78 Å². The third kappa shape index (κ3) is 7.92. The number of fused-ring (bicyclic) bond motifs is 1. The molecular weight excluding hydrogens is 542 g/mol. The molecule has 0 N–H and O–H groups in total. The van der Waals surface area contributed by atoms with Gasteiger partial charge in [-0.3, -0.25) is 0 Å². The van der Waals surface area contributed by atoms with Gasteiger partial charge in [0.25, 0.3) is 5.92 Å². The fraction of sp³-hybridized carbons (Fsp3) is 0.636. The van der Waals surface area contributed by atoms with Gasteiger partial charge in [0.15, 0.2) is 23.1 Å². The van der Waals surface area contributed by atoms with Crippen molar-refractivity contribution in [2.24, 2.45) is 5.92 Å². The lowest BCUT2D eigenvalue weighted by molar-refractivity contribution is -0.0485. The summed E-state index contributed by atoms with van der Waals surface area (Å²) in [7, 11) is 0. The maximum Gasteiger partial charge on any atom is 0.283 e. The van der Waals surface area contributed by atoms with Crippen LogP contribution >= 0.6 is 0 Å². The van der Waals surface area contributed by atoms with Crippen LogP contribution in [-0.4, -0.2) is 13.2 Å². The second kappa shape index (κ2) is 14.7. The van der Waals surface area contributed by atoms with Gasteiger partial charge in [0.1, 0.15) is 0 Å². The van der Waals surface area contributed by atoms with Crippen molar-refractivity contribution in [3.05, 3.63) is 58.2 Å². The minimum Gasteiger partial charge on any atom is -0.490 e. The van der Waals surface area contributed by atoms with Gasteiger partial charge in [-0.15, -0.1) is 0 Å². The van der Waals surface area contributed by atoms with Crippen LogP contribution in [0.4, 0.5) is 26.3 Å². The molecule has 1 saturated carbocycles. The molecular formula is C33H42F6O2. The predicted molar refractivity (Wildman–Crippen MR) is 148 cm³/mol. The van der Waals surface area contributed by atoms with Crippen LogP contribution in [0.3, 0.4) is 0 Å². The molecule has 0 aliphatic heterocycles. The molecule has 1 fully saturated rings. The Hall–Kier alpha value is -2.38. The lowest BCUT2D eigenvalue weighted by atomic mass is 9.76. The highest BCUT2D eigenvalue weighted by Gasteiger charge is 2.50. The molecule has 0 aromatic heterocycles. The van der Waals surface area contributed by atoms with E-state index in [1.165, 1.54) is 19.3 Å². The summed E-state index contributed by atoms with van der Waals surface area (Å²) in [5, 5.41) is 0. The molecule has 41 heavy (non-hydrogen) atoms. The lowest BCUT2D eigenvalue weighted by Gasteiger charge is -2.34. The molecule has 0 saturated heterocycles. The van der Waals surface area contributed by atoms with Crippen LogP contribution in [0.1, 0.15) is 119 Å². The molecule has 228 valence electrons. The number of benzene rings is 2. The molecule has 2 aliphatic carbocycles. The van der Waals surface area contributed by atoms with Crippen molar-refractivity contribution >= 4 is 0 Å². The largest absolute Gasteiger partial charge is 0.490 e. The summed E-state index contributed by atoms with van der Waals surface area (Å²) in [6, 6.07) is 3.33. The predicted octanol–water partition coefficient (Wildman–Crippen LogP) is 10.5. The Morgan fingerprint density at radius 3 is 2.00 bits per heavy atom. The molecule has 0 bridgehead atoms. The quantitative estimate of drug-likeness (QED) is 0.136. The monoisotopic (exact) mass is 584 g/mol. The molecule has 1 unspecified atom stereocenters. The van der Waals surface area contributed by atoms with E-state index in [-0.39, 0.29) is 37.4 Å². The van der Waals surface area contributed by atoms with Gasteiger partial charge in [0, 0.05) is 5.56 Å². The van der Waals surface area contributed by atoms with Gasteiger partial charge in [-0.2, -0.15) is 8.78 Å². The molecule has 0 spiro atoms. The first-order valence-corrected chi connectivity index (χ1v) is 15.4. The summed E-state index contributed by atoms with van der Waals surface area (Å²) in [4.78, 5) is 0.